The van der Waals surface area contributed by atoms with Gasteiger partial charge in [0.1, 0.15) is 0 Å². The normalized spacial score (nSPS) is 15.9. The molecule has 0 aliphatic heterocycles. The number of nitrogens with zero attached hydrogens (tertiary/aromatic N) is 1. The topological polar surface area (TPSA) is 4.41 Å². The van der Waals surface area contributed by atoms with Crippen molar-refractivity contribution in [3.63, 3.8) is 0 Å². The molecular weight excluding hydrogens is 591 g/mol. The average Bonchev–Trinajstić information content (AvgIpc) is 3.71. The Morgan fingerprint density at radius 1 is 0.490 bits per heavy atom. The van der Waals surface area contributed by atoms with Gasteiger partial charge in [0.25, 0.3) is 0 Å². The largest absolute Gasteiger partial charge is 0.312 e. The smallest absolute Gasteiger partial charge is 0.0617 e. The Morgan fingerprint density at radius 3 is 1.96 bits per heavy atom. The first-order valence-electron chi connectivity index (χ1n) is 17.5. The van der Waals surface area contributed by atoms with Gasteiger partial charge >= 0.3 is 0 Å². The standard InChI is InChI=1S/C48H35N/c1-2-9-32(10-3-1)33-19-21-34(22-20-33)37-11-6-13-39(29-37)40-14-7-12-38(30-40)35-23-25-36(26-24-35)41-27-28-47-45(31-41)44-17-8-16-43-42-15-4-5-18-46(42)49(47)48(43)44/h1-26,29,31,40H,27-28,30H2. The van der Waals surface area contributed by atoms with Crippen molar-refractivity contribution in [2.75, 3.05) is 0 Å². The van der Waals surface area contributed by atoms with Crippen LogP contribution in [0.15, 0.2) is 164 Å². The third kappa shape index (κ3) is 4.69. The summed E-state index contributed by atoms with van der Waals surface area (Å²) in [7, 11) is 0. The van der Waals surface area contributed by atoms with E-state index in [0.717, 1.165) is 19.3 Å². The third-order valence-electron chi connectivity index (χ3n) is 10.9. The van der Waals surface area contributed by atoms with Gasteiger partial charge in [0.2, 0.25) is 0 Å². The van der Waals surface area contributed by atoms with E-state index in [0.29, 0.717) is 5.92 Å². The second-order valence-electron chi connectivity index (χ2n) is 13.6. The highest BCUT2D eigenvalue weighted by Crippen LogP contribution is 2.43. The van der Waals surface area contributed by atoms with Crippen LogP contribution in [0.1, 0.15) is 46.7 Å². The number of benzene rings is 6. The van der Waals surface area contributed by atoms with E-state index in [9.17, 15) is 0 Å². The number of allylic oxidation sites excluding steroid dienone is 5. The molecule has 2 aromatic heterocycles. The Morgan fingerprint density at radius 2 is 1.12 bits per heavy atom. The fraction of sp³-hybridized carbons (Fsp3) is 0.0833. The molecule has 2 aliphatic carbocycles. The molecule has 1 unspecified atom stereocenters. The van der Waals surface area contributed by atoms with E-state index in [-0.39, 0.29) is 0 Å². The van der Waals surface area contributed by atoms with Gasteiger partial charge < -0.3 is 4.40 Å². The van der Waals surface area contributed by atoms with Crippen molar-refractivity contribution < 1.29 is 0 Å². The lowest BCUT2D eigenvalue weighted by atomic mass is 9.84. The molecule has 2 heterocycles. The highest BCUT2D eigenvalue weighted by atomic mass is 14.9. The highest BCUT2D eigenvalue weighted by Gasteiger charge is 2.24. The molecule has 6 aromatic carbocycles. The lowest BCUT2D eigenvalue weighted by Gasteiger charge is -2.21. The van der Waals surface area contributed by atoms with Gasteiger partial charge in [-0.05, 0) is 81.5 Å². The van der Waals surface area contributed by atoms with Crippen LogP contribution >= 0.6 is 0 Å². The molecule has 0 radical (unpaired) electrons. The SMILES string of the molecule is C1=CC(c2cccc(-c3ccc(-c4ccccc4)cc3)c2)CC(c2ccc(C3=Cc4c(n5c6ccccc6c6cccc4c65)CC3)cc2)=C1. The first kappa shape index (κ1) is 28.1. The summed E-state index contributed by atoms with van der Waals surface area (Å²) in [5.41, 5.74) is 17.4. The van der Waals surface area contributed by atoms with Crippen molar-refractivity contribution in [1.82, 2.24) is 4.40 Å². The fourth-order valence-corrected chi connectivity index (χ4v) is 8.38. The number of aromatic nitrogens is 1. The summed E-state index contributed by atoms with van der Waals surface area (Å²) in [6.07, 6.45) is 12.5. The van der Waals surface area contributed by atoms with Crippen LogP contribution in [0.25, 0.3) is 66.7 Å². The fourth-order valence-electron chi connectivity index (χ4n) is 8.38. The summed E-state index contributed by atoms with van der Waals surface area (Å²) in [6.45, 7) is 0. The number of hydrogen-bond donors (Lipinski definition) is 0. The molecule has 49 heavy (non-hydrogen) atoms. The average molecular weight is 626 g/mol. The van der Waals surface area contributed by atoms with Crippen molar-refractivity contribution in [2.45, 2.75) is 25.2 Å². The molecular formula is C48H35N. The zero-order valence-corrected chi connectivity index (χ0v) is 27.3. The van der Waals surface area contributed by atoms with E-state index in [1.54, 1.807) is 0 Å². The van der Waals surface area contributed by atoms with Crippen molar-refractivity contribution >= 4 is 44.4 Å². The predicted octanol–water partition coefficient (Wildman–Crippen LogP) is 12.6. The Labute approximate surface area is 287 Å². The number of hydrogen-bond acceptors (Lipinski definition) is 0. The maximum atomic E-state index is 2.53. The molecule has 8 aromatic rings. The molecule has 10 rings (SSSR count). The van der Waals surface area contributed by atoms with Crippen LogP contribution in [-0.2, 0) is 6.42 Å². The van der Waals surface area contributed by atoms with Crippen LogP contribution < -0.4 is 0 Å². The van der Waals surface area contributed by atoms with Gasteiger partial charge in [-0.25, -0.2) is 0 Å². The number of rotatable bonds is 5. The monoisotopic (exact) mass is 625 g/mol. The molecule has 232 valence electrons. The Balaban J connectivity index is 0.897. The summed E-state index contributed by atoms with van der Waals surface area (Å²) in [6, 6.07) is 53.6. The van der Waals surface area contributed by atoms with Gasteiger partial charge in [-0.2, -0.15) is 0 Å². The summed E-state index contributed by atoms with van der Waals surface area (Å²) >= 11 is 0. The summed E-state index contributed by atoms with van der Waals surface area (Å²) < 4.78 is 2.53. The van der Waals surface area contributed by atoms with Gasteiger partial charge in [0, 0.05) is 33.3 Å². The molecule has 2 aliphatic rings. The van der Waals surface area contributed by atoms with E-state index >= 15 is 0 Å². The number of aryl methyl sites for hydroxylation is 1. The molecule has 0 bridgehead atoms. The summed E-state index contributed by atoms with van der Waals surface area (Å²) in [5, 5.41) is 4.09. The molecule has 0 spiro atoms. The molecule has 1 atom stereocenters. The van der Waals surface area contributed by atoms with Crippen molar-refractivity contribution in [3.05, 3.63) is 192 Å². The van der Waals surface area contributed by atoms with Crippen LogP contribution in [0.3, 0.4) is 0 Å². The molecule has 1 heteroatoms. The lowest BCUT2D eigenvalue weighted by Crippen LogP contribution is -2.02. The van der Waals surface area contributed by atoms with E-state index in [4.69, 9.17) is 0 Å². The summed E-state index contributed by atoms with van der Waals surface area (Å²) in [5.74, 6) is 0.355. The zero-order valence-electron chi connectivity index (χ0n) is 27.3. The van der Waals surface area contributed by atoms with Gasteiger partial charge in [-0.1, -0.05) is 158 Å². The third-order valence-corrected chi connectivity index (χ3v) is 10.9. The first-order chi connectivity index (χ1) is 24.3. The van der Waals surface area contributed by atoms with Crippen LogP contribution in [0.4, 0.5) is 0 Å². The van der Waals surface area contributed by atoms with Gasteiger partial charge in [0.05, 0.1) is 11.0 Å². The zero-order chi connectivity index (χ0) is 32.3. The van der Waals surface area contributed by atoms with E-state index in [2.05, 4.69) is 174 Å². The predicted molar refractivity (Wildman–Crippen MR) is 208 cm³/mol. The molecule has 0 amide bonds. The second kappa shape index (κ2) is 11.4. The molecule has 0 saturated carbocycles. The molecule has 1 nitrogen and oxygen atoms in total. The quantitative estimate of drug-likeness (QED) is 0.179. The Bertz CT molecular complexity index is 2590. The minimum atomic E-state index is 0.355. The van der Waals surface area contributed by atoms with Gasteiger partial charge in [-0.15, -0.1) is 0 Å². The molecule has 0 N–H and O–H groups in total. The Hall–Kier alpha value is -5.92. The van der Waals surface area contributed by atoms with Crippen molar-refractivity contribution in [2.24, 2.45) is 0 Å². The van der Waals surface area contributed by atoms with Gasteiger partial charge in [-0.3, -0.25) is 0 Å². The molecule has 0 saturated heterocycles. The van der Waals surface area contributed by atoms with Crippen LogP contribution in [0.5, 0.6) is 0 Å². The van der Waals surface area contributed by atoms with Crippen molar-refractivity contribution in [3.8, 4) is 22.3 Å². The minimum absolute atomic E-state index is 0.355. The highest BCUT2D eigenvalue weighted by molar-refractivity contribution is 6.17. The number of para-hydroxylation sites is 2. The maximum absolute atomic E-state index is 2.53. The number of fused-ring (bicyclic) bond motifs is 6. The van der Waals surface area contributed by atoms with E-state index in [1.807, 2.05) is 0 Å². The first-order valence-corrected chi connectivity index (χ1v) is 17.5. The molecule has 0 fully saturated rings. The van der Waals surface area contributed by atoms with Crippen LogP contribution in [0, 0.1) is 0 Å². The van der Waals surface area contributed by atoms with Crippen molar-refractivity contribution in [1.29, 1.82) is 0 Å². The lowest BCUT2D eigenvalue weighted by molar-refractivity contribution is 0.868. The van der Waals surface area contributed by atoms with Gasteiger partial charge in [0.15, 0.2) is 0 Å². The van der Waals surface area contributed by atoms with E-state index < -0.39 is 0 Å². The minimum Gasteiger partial charge on any atom is -0.312 e. The summed E-state index contributed by atoms with van der Waals surface area (Å²) in [4.78, 5) is 0. The Kier molecular flexibility index (Phi) is 6.52. The van der Waals surface area contributed by atoms with Crippen LogP contribution in [-0.4, -0.2) is 4.40 Å². The van der Waals surface area contributed by atoms with E-state index in [1.165, 1.54) is 88.5 Å². The van der Waals surface area contributed by atoms with Crippen LogP contribution in [0.2, 0.25) is 0 Å². The second-order valence-corrected chi connectivity index (χ2v) is 13.6. The maximum Gasteiger partial charge on any atom is 0.0617 e.